The molecule has 0 saturated heterocycles. The molecule has 3 rings (SSSR count). The number of ether oxygens (including phenoxy) is 1. The van der Waals surface area contributed by atoms with E-state index in [1.165, 1.54) is 6.07 Å². The Labute approximate surface area is 126 Å². The highest BCUT2D eigenvalue weighted by Gasteiger charge is 2.26. The average molecular weight is 336 g/mol. The number of anilines is 1. The molecule has 20 heavy (non-hydrogen) atoms. The standard InChI is InChI=1S/C16H15BrFNO/c1-10-7-11(3-5-13(10)18)15-9-20-16-8-12(17)4-6-14(16)19(15)2/h3-8,15H,9H2,1-2H3. The molecule has 0 radical (unpaired) electrons. The predicted octanol–water partition coefficient (Wildman–Crippen LogP) is 4.47. The molecule has 2 aromatic carbocycles. The van der Waals surface area contributed by atoms with E-state index in [1.807, 2.05) is 37.4 Å². The summed E-state index contributed by atoms with van der Waals surface area (Å²) in [6.45, 7) is 2.35. The molecule has 0 aliphatic carbocycles. The van der Waals surface area contributed by atoms with Crippen LogP contribution in [0.1, 0.15) is 17.2 Å². The van der Waals surface area contributed by atoms with Crippen molar-refractivity contribution in [1.82, 2.24) is 0 Å². The summed E-state index contributed by atoms with van der Waals surface area (Å²) in [6.07, 6.45) is 0. The summed E-state index contributed by atoms with van der Waals surface area (Å²) < 4.78 is 20.2. The summed E-state index contributed by atoms with van der Waals surface area (Å²) in [5, 5.41) is 0. The molecule has 0 aromatic heterocycles. The minimum Gasteiger partial charge on any atom is -0.489 e. The minimum atomic E-state index is -0.169. The molecular formula is C16H15BrFNO. The molecule has 0 bridgehead atoms. The smallest absolute Gasteiger partial charge is 0.143 e. The number of hydrogen-bond donors (Lipinski definition) is 0. The number of hydrogen-bond acceptors (Lipinski definition) is 2. The van der Waals surface area contributed by atoms with E-state index in [4.69, 9.17) is 4.74 Å². The van der Waals surface area contributed by atoms with Gasteiger partial charge in [0.1, 0.15) is 18.2 Å². The Morgan fingerprint density at radius 2 is 2.05 bits per heavy atom. The Bertz CT molecular complexity index is 659. The number of benzene rings is 2. The fraction of sp³-hybridized carbons (Fsp3) is 0.250. The van der Waals surface area contributed by atoms with E-state index in [2.05, 4.69) is 20.8 Å². The number of aryl methyl sites for hydroxylation is 1. The minimum absolute atomic E-state index is 0.1000. The van der Waals surface area contributed by atoms with Gasteiger partial charge in [0, 0.05) is 11.5 Å². The van der Waals surface area contributed by atoms with Crippen LogP contribution in [0.15, 0.2) is 40.9 Å². The summed E-state index contributed by atoms with van der Waals surface area (Å²) in [6, 6.07) is 11.3. The first-order chi connectivity index (χ1) is 9.56. The zero-order chi connectivity index (χ0) is 14.3. The lowest BCUT2D eigenvalue weighted by Crippen LogP contribution is -2.33. The van der Waals surface area contributed by atoms with Gasteiger partial charge in [0.25, 0.3) is 0 Å². The number of likely N-dealkylation sites (N-methyl/N-ethyl adjacent to an activating group) is 1. The third-order valence-corrected chi connectivity index (χ3v) is 4.23. The maximum atomic E-state index is 13.4. The van der Waals surface area contributed by atoms with Crippen LogP contribution in [-0.4, -0.2) is 13.7 Å². The van der Waals surface area contributed by atoms with Crippen LogP contribution in [0.4, 0.5) is 10.1 Å². The summed E-state index contributed by atoms with van der Waals surface area (Å²) >= 11 is 3.45. The van der Waals surface area contributed by atoms with Crippen molar-refractivity contribution in [1.29, 1.82) is 0 Å². The Hall–Kier alpha value is -1.55. The largest absolute Gasteiger partial charge is 0.489 e. The van der Waals surface area contributed by atoms with E-state index in [1.54, 1.807) is 6.92 Å². The molecule has 1 aliphatic rings. The maximum absolute atomic E-state index is 13.4. The van der Waals surface area contributed by atoms with Crippen LogP contribution in [0.3, 0.4) is 0 Å². The van der Waals surface area contributed by atoms with E-state index in [-0.39, 0.29) is 11.9 Å². The van der Waals surface area contributed by atoms with Gasteiger partial charge in [-0.1, -0.05) is 28.1 Å². The molecular weight excluding hydrogens is 321 g/mol. The highest BCUT2D eigenvalue weighted by atomic mass is 79.9. The lowest BCUT2D eigenvalue weighted by atomic mass is 10.0. The molecule has 4 heteroatoms. The van der Waals surface area contributed by atoms with E-state index in [0.717, 1.165) is 21.5 Å². The Morgan fingerprint density at radius 1 is 1.25 bits per heavy atom. The van der Waals surface area contributed by atoms with Crippen molar-refractivity contribution in [2.45, 2.75) is 13.0 Å². The quantitative estimate of drug-likeness (QED) is 0.762. The van der Waals surface area contributed by atoms with E-state index in [0.29, 0.717) is 12.2 Å². The lowest BCUT2D eigenvalue weighted by molar-refractivity contribution is 0.268. The summed E-state index contributed by atoms with van der Waals surface area (Å²) in [5.41, 5.74) is 2.78. The molecule has 2 aromatic rings. The highest BCUT2D eigenvalue weighted by molar-refractivity contribution is 9.10. The SMILES string of the molecule is Cc1cc(C2COc3cc(Br)ccc3N2C)ccc1F. The van der Waals surface area contributed by atoms with Gasteiger partial charge < -0.3 is 9.64 Å². The van der Waals surface area contributed by atoms with Crippen molar-refractivity contribution in [2.24, 2.45) is 0 Å². The molecule has 1 heterocycles. The maximum Gasteiger partial charge on any atom is 0.143 e. The van der Waals surface area contributed by atoms with Crippen molar-refractivity contribution in [3.63, 3.8) is 0 Å². The first-order valence-corrected chi connectivity index (χ1v) is 7.27. The second-order valence-corrected chi connectivity index (χ2v) is 5.97. The van der Waals surface area contributed by atoms with Crippen molar-refractivity contribution in [2.75, 3.05) is 18.6 Å². The van der Waals surface area contributed by atoms with E-state index >= 15 is 0 Å². The van der Waals surface area contributed by atoms with Crippen molar-refractivity contribution < 1.29 is 9.13 Å². The predicted molar refractivity (Wildman–Crippen MR) is 81.9 cm³/mol. The van der Waals surface area contributed by atoms with Crippen LogP contribution in [0.5, 0.6) is 5.75 Å². The zero-order valence-electron chi connectivity index (χ0n) is 11.4. The molecule has 1 unspecified atom stereocenters. The van der Waals surface area contributed by atoms with Gasteiger partial charge in [-0.15, -0.1) is 0 Å². The van der Waals surface area contributed by atoms with E-state index in [9.17, 15) is 4.39 Å². The third-order valence-electron chi connectivity index (χ3n) is 3.73. The molecule has 0 spiro atoms. The first-order valence-electron chi connectivity index (χ1n) is 6.47. The topological polar surface area (TPSA) is 12.5 Å². The van der Waals surface area contributed by atoms with Gasteiger partial charge in [0.05, 0.1) is 11.7 Å². The van der Waals surface area contributed by atoms with Gasteiger partial charge in [-0.25, -0.2) is 4.39 Å². The highest BCUT2D eigenvalue weighted by Crippen LogP contribution is 2.39. The monoisotopic (exact) mass is 335 g/mol. The molecule has 104 valence electrons. The van der Waals surface area contributed by atoms with Crippen LogP contribution in [-0.2, 0) is 0 Å². The summed E-state index contributed by atoms with van der Waals surface area (Å²) in [5.74, 6) is 0.703. The second kappa shape index (κ2) is 5.09. The third kappa shape index (κ3) is 2.29. The number of rotatable bonds is 1. The Kier molecular flexibility index (Phi) is 3.42. The van der Waals surface area contributed by atoms with Crippen molar-refractivity contribution in [3.05, 3.63) is 57.8 Å². The average Bonchev–Trinajstić information content (AvgIpc) is 2.42. The lowest BCUT2D eigenvalue weighted by Gasteiger charge is -2.36. The van der Waals surface area contributed by atoms with Gasteiger partial charge in [0.2, 0.25) is 0 Å². The summed E-state index contributed by atoms with van der Waals surface area (Å²) in [7, 11) is 2.04. The Balaban J connectivity index is 1.97. The van der Waals surface area contributed by atoms with Crippen LogP contribution >= 0.6 is 15.9 Å². The van der Waals surface area contributed by atoms with Crippen LogP contribution < -0.4 is 9.64 Å². The van der Waals surface area contributed by atoms with Gasteiger partial charge in [-0.05, 0) is 42.3 Å². The van der Waals surface area contributed by atoms with Gasteiger partial charge in [-0.2, -0.15) is 0 Å². The number of nitrogens with zero attached hydrogens (tertiary/aromatic N) is 1. The molecule has 2 nitrogen and oxygen atoms in total. The van der Waals surface area contributed by atoms with E-state index < -0.39 is 0 Å². The molecule has 1 atom stereocenters. The van der Waals surface area contributed by atoms with Gasteiger partial charge in [-0.3, -0.25) is 0 Å². The zero-order valence-corrected chi connectivity index (χ0v) is 12.9. The number of fused-ring (bicyclic) bond motifs is 1. The first kappa shape index (κ1) is 13.4. The molecule has 1 aliphatic heterocycles. The molecule has 0 amide bonds. The van der Waals surface area contributed by atoms with Gasteiger partial charge >= 0.3 is 0 Å². The normalized spacial score (nSPS) is 17.6. The van der Waals surface area contributed by atoms with Gasteiger partial charge in [0.15, 0.2) is 0 Å². The van der Waals surface area contributed by atoms with Crippen LogP contribution in [0.2, 0.25) is 0 Å². The number of halogens is 2. The van der Waals surface area contributed by atoms with Crippen molar-refractivity contribution >= 4 is 21.6 Å². The molecule has 0 N–H and O–H groups in total. The Morgan fingerprint density at radius 3 is 2.80 bits per heavy atom. The summed E-state index contributed by atoms with van der Waals surface area (Å²) in [4.78, 5) is 2.18. The fourth-order valence-corrected chi connectivity index (χ4v) is 2.88. The van der Waals surface area contributed by atoms with Crippen molar-refractivity contribution in [3.8, 4) is 5.75 Å². The van der Waals surface area contributed by atoms with Crippen LogP contribution in [0.25, 0.3) is 0 Å². The fourth-order valence-electron chi connectivity index (χ4n) is 2.54. The second-order valence-electron chi connectivity index (χ2n) is 5.06. The molecule has 0 saturated carbocycles. The van der Waals surface area contributed by atoms with Crippen LogP contribution in [0, 0.1) is 12.7 Å². The molecule has 0 fully saturated rings.